The molecule has 0 saturated heterocycles. The molecule has 0 bridgehead atoms. The van der Waals surface area contributed by atoms with Crippen molar-refractivity contribution >= 4 is 21.9 Å². The van der Waals surface area contributed by atoms with Gasteiger partial charge in [-0.15, -0.1) is 0 Å². The highest BCUT2D eigenvalue weighted by Crippen LogP contribution is 2.27. The van der Waals surface area contributed by atoms with Crippen molar-refractivity contribution in [1.82, 2.24) is 5.32 Å². The van der Waals surface area contributed by atoms with Crippen LogP contribution in [-0.2, 0) is 9.53 Å². The third kappa shape index (κ3) is 4.82. The maximum atomic E-state index is 11.9. The van der Waals surface area contributed by atoms with Gasteiger partial charge >= 0.3 is 5.97 Å². The summed E-state index contributed by atoms with van der Waals surface area (Å²) in [4.78, 5) is 11.9. The van der Waals surface area contributed by atoms with E-state index in [9.17, 15) is 4.79 Å². The second kappa shape index (κ2) is 7.95. The van der Waals surface area contributed by atoms with Gasteiger partial charge in [0, 0.05) is 16.6 Å². The van der Waals surface area contributed by atoms with Crippen LogP contribution in [0.1, 0.15) is 51.1 Å². The molecule has 3 atom stereocenters. The highest BCUT2D eigenvalue weighted by Gasteiger charge is 2.28. The zero-order valence-corrected chi connectivity index (χ0v) is 14.4. The number of carbonyl (C=O) groups excluding carboxylic acids is 1. The molecule has 0 aliphatic heterocycles. The van der Waals surface area contributed by atoms with Crippen molar-refractivity contribution < 1.29 is 9.53 Å². The molecule has 0 aromatic heterocycles. The van der Waals surface area contributed by atoms with Gasteiger partial charge < -0.3 is 10.1 Å². The van der Waals surface area contributed by atoms with Gasteiger partial charge in [-0.1, -0.05) is 34.5 Å². The zero-order valence-electron chi connectivity index (χ0n) is 12.8. The Morgan fingerprint density at radius 1 is 1.38 bits per heavy atom. The minimum absolute atomic E-state index is 0.0275. The Balaban J connectivity index is 1.89. The molecule has 3 nitrogen and oxygen atoms in total. The van der Waals surface area contributed by atoms with Gasteiger partial charge in [-0.2, -0.15) is 0 Å². The minimum Gasteiger partial charge on any atom is -0.466 e. The largest absolute Gasteiger partial charge is 0.466 e. The Hall–Kier alpha value is -0.870. The number of esters is 1. The Morgan fingerprint density at radius 2 is 2.10 bits per heavy atom. The van der Waals surface area contributed by atoms with E-state index in [0.717, 1.165) is 30.2 Å². The SMILES string of the molecule is CCOC(=O)C1CCCC(N[C@@H](C)c2ccc(Br)cc2)C1. The van der Waals surface area contributed by atoms with Crippen LogP contribution < -0.4 is 5.32 Å². The molecule has 1 fully saturated rings. The van der Waals surface area contributed by atoms with E-state index in [0.29, 0.717) is 18.7 Å². The maximum Gasteiger partial charge on any atom is 0.308 e. The van der Waals surface area contributed by atoms with Crippen molar-refractivity contribution in [3.8, 4) is 0 Å². The lowest BCUT2D eigenvalue weighted by molar-refractivity contribution is -0.149. The molecule has 116 valence electrons. The molecule has 0 spiro atoms. The molecule has 1 aliphatic rings. The van der Waals surface area contributed by atoms with Crippen molar-refractivity contribution in [3.05, 3.63) is 34.3 Å². The first kappa shape index (κ1) is 16.5. The number of rotatable bonds is 5. The lowest BCUT2D eigenvalue weighted by atomic mass is 9.85. The number of halogens is 1. The second-order valence-electron chi connectivity index (χ2n) is 5.75. The Kier molecular flexibility index (Phi) is 6.24. The molecule has 0 heterocycles. The fourth-order valence-corrected chi connectivity index (χ4v) is 3.28. The number of carbonyl (C=O) groups is 1. The van der Waals surface area contributed by atoms with Crippen LogP contribution in [0.4, 0.5) is 0 Å². The minimum atomic E-state index is -0.0275. The van der Waals surface area contributed by atoms with Crippen molar-refractivity contribution in [2.24, 2.45) is 5.92 Å². The van der Waals surface area contributed by atoms with E-state index in [2.05, 4.69) is 52.4 Å². The summed E-state index contributed by atoms with van der Waals surface area (Å²) in [6, 6.07) is 9.09. The average molecular weight is 354 g/mol. The van der Waals surface area contributed by atoms with Crippen LogP contribution in [0.25, 0.3) is 0 Å². The van der Waals surface area contributed by atoms with Gasteiger partial charge in [0.25, 0.3) is 0 Å². The lowest BCUT2D eigenvalue weighted by Gasteiger charge is -2.31. The van der Waals surface area contributed by atoms with Gasteiger partial charge in [-0.05, 0) is 50.8 Å². The summed E-state index contributed by atoms with van der Waals surface area (Å²) < 4.78 is 6.26. The monoisotopic (exact) mass is 353 g/mol. The zero-order chi connectivity index (χ0) is 15.2. The van der Waals surface area contributed by atoms with Gasteiger partial charge in [0.2, 0.25) is 0 Å². The predicted molar refractivity (Wildman–Crippen MR) is 88.1 cm³/mol. The van der Waals surface area contributed by atoms with Crippen LogP contribution in [0.15, 0.2) is 28.7 Å². The molecule has 1 aliphatic carbocycles. The molecular formula is C17H24BrNO2. The van der Waals surface area contributed by atoms with Gasteiger partial charge in [-0.3, -0.25) is 4.79 Å². The summed E-state index contributed by atoms with van der Waals surface area (Å²) in [5.74, 6) is 0.0358. The molecule has 2 unspecified atom stereocenters. The molecular weight excluding hydrogens is 330 g/mol. The number of nitrogens with one attached hydrogen (secondary N) is 1. The summed E-state index contributed by atoms with van der Waals surface area (Å²) in [6.07, 6.45) is 4.08. The Labute approximate surface area is 135 Å². The number of ether oxygens (including phenoxy) is 1. The fraction of sp³-hybridized carbons (Fsp3) is 0.588. The molecule has 4 heteroatoms. The average Bonchev–Trinajstić information content (AvgIpc) is 2.48. The third-order valence-corrected chi connectivity index (χ3v) is 4.68. The van der Waals surface area contributed by atoms with E-state index in [1.54, 1.807) is 0 Å². The highest BCUT2D eigenvalue weighted by molar-refractivity contribution is 9.10. The normalized spacial score (nSPS) is 23.6. The van der Waals surface area contributed by atoms with E-state index < -0.39 is 0 Å². The molecule has 1 aromatic carbocycles. The van der Waals surface area contributed by atoms with Gasteiger partial charge in [0.15, 0.2) is 0 Å². The first-order valence-electron chi connectivity index (χ1n) is 7.78. The van der Waals surface area contributed by atoms with Crippen LogP contribution in [0.2, 0.25) is 0 Å². The smallest absolute Gasteiger partial charge is 0.308 e. The summed E-state index contributed by atoms with van der Waals surface area (Å²) >= 11 is 3.46. The van der Waals surface area contributed by atoms with Crippen LogP contribution in [0.5, 0.6) is 0 Å². The topological polar surface area (TPSA) is 38.3 Å². The first-order chi connectivity index (χ1) is 10.1. The van der Waals surface area contributed by atoms with Crippen molar-refractivity contribution in [1.29, 1.82) is 0 Å². The van der Waals surface area contributed by atoms with Crippen molar-refractivity contribution in [2.75, 3.05) is 6.61 Å². The summed E-state index contributed by atoms with van der Waals surface area (Å²) in [5.41, 5.74) is 1.27. The standard InChI is InChI=1S/C17H24BrNO2/c1-3-21-17(20)14-5-4-6-16(11-14)19-12(2)13-7-9-15(18)10-8-13/h7-10,12,14,16,19H,3-6,11H2,1-2H3/t12-,14?,16?/m0/s1. The third-order valence-electron chi connectivity index (χ3n) is 4.15. The van der Waals surface area contributed by atoms with Crippen molar-refractivity contribution in [2.45, 2.75) is 51.6 Å². The first-order valence-corrected chi connectivity index (χ1v) is 8.57. The van der Waals surface area contributed by atoms with E-state index in [4.69, 9.17) is 4.74 Å². The van der Waals surface area contributed by atoms with Crippen LogP contribution in [-0.4, -0.2) is 18.6 Å². The molecule has 0 amide bonds. The maximum absolute atomic E-state index is 11.9. The Morgan fingerprint density at radius 3 is 2.76 bits per heavy atom. The lowest BCUT2D eigenvalue weighted by Crippen LogP contribution is -2.38. The molecule has 0 radical (unpaired) electrons. The van der Waals surface area contributed by atoms with Crippen molar-refractivity contribution in [3.63, 3.8) is 0 Å². The van der Waals surface area contributed by atoms with Crippen LogP contribution in [0.3, 0.4) is 0 Å². The van der Waals surface area contributed by atoms with E-state index in [1.165, 1.54) is 5.56 Å². The predicted octanol–water partition coefficient (Wildman–Crippen LogP) is 4.22. The van der Waals surface area contributed by atoms with E-state index >= 15 is 0 Å². The van der Waals surface area contributed by atoms with Gasteiger partial charge in [-0.25, -0.2) is 0 Å². The number of hydrogen-bond donors (Lipinski definition) is 1. The number of benzene rings is 1. The molecule has 2 rings (SSSR count). The Bertz CT molecular complexity index is 460. The highest BCUT2D eigenvalue weighted by atomic mass is 79.9. The molecule has 1 saturated carbocycles. The molecule has 1 aromatic rings. The van der Waals surface area contributed by atoms with E-state index in [-0.39, 0.29) is 11.9 Å². The summed E-state index contributed by atoms with van der Waals surface area (Å²) in [5, 5.41) is 3.66. The van der Waals surface area contributed by atoms with Crippen LogP contribution >= 0.6 is 15.9 Å². The van der Waals surface area contributed by atoms with Crippen LogP contribution in [0, 0.1) is 5.92 Å². The van der Waals surface area contributed by atoms with E-state index in [1.807, 2.05) is 6.92 Å². The fourth-order valence-electron chi connectivity index (χ4n) is 3.02. The summed E-state index contributed by atoms with van der Waals surface area (Å²) in [6.45, 7) is 4.52. The second-order valence-corrected chi connectivity index (χ2v) is 6.67. The summed E-state index contributed by atoms with van der Waals surface area (Å²) in [7, 11) is 0. The quantitative estimate of drug-likeness (QED) is 0.805. The van der Waals surface area contributed by atoms with Gasteiger partial charge in [0.1, 0.15) is 0 Å². The molecule has 1 N–H and O–H groups in total. The number of hydrogen-bond acceptors (Lipinski definition) is 3. The van der Waals surface area contributed by atoms with Gasteiger partial charge in [0.05, 0.1) is 12.5 Å². The molecule has 21 heavy (non-hydrogen) atoms.